The summed E-state index contributed by atoms with van der Waals surface area (Å²) in [5, 5.41) is 2.63. The van der Waals surface area contributed by atoms with Crippen LogP contribution in [0.4, 0.5) is 26.3 Å². The van der Waals surface area contributed by atoms with E-state index in [0.29, 0.717) is 18.9 Å². The van der Waals surface area contributed by atoms with Crippen LogP contribution in [0.1, 0.15) is 54.9 Å². The average molecular weight is 509 g/mol. The summed E-state index contributed by atoms with van der Waals surface area (Å²) in [6.45, 7) is 2.88. The molecule has 0 bridgehead atoms. The highest BCUT2D eigenvalue weighted by atomic mass is 32.2. The zero-order chi connectivity index (χ0) is 25.5. The van der Waals surface area contributed by atoms with E-state index in [0.717, 1.165) is 30.6 Å². The summed E-state index contributed by atoms with van der Waals surface area (Å²) in [6, 6.07) is 3.26. The monoisotopic (exact) mass is 509 g/mol. The van der Waals surface area contributed by atoms with Gasteiger partial charge in [-0.25, -0.2) is 18.4 Å². The summed E-state index contributed by atoms with van der Waals surface area (Å²) in [5.41, 5.74) is -1.20. The predicted octanol–water partition coefficient (Wildman–Crippen LogP) is 4.67. The first-order chi connectivity index (χ1) is 15.5. The number of halogens is 6. The molecule has 34 heavy (non-hydrogen) atoms. The van der Waals surface area contributed by atoms with Gasteiger partial charge in [0.15, 0.2) is 9.84 Å². The third-order valence-electron chi connectivity index (χ3n) is 5.72. The third kappa shape index (κ3) is 5.50. The Morgan fingerprint density at radius 1 is 1.03 bits per heavy atom. The molecule has 6 nitrogen and oxygen atoms in total. The number of benzene rings is 1. The van der Waals surface area contributed by atoms with Crippen molar-refractivity contribution in [3.63, 3.8) is 0 Å². The van der Waals surface area contributed by atoms with Crippen LogP contribution in [0.2, 0.25) is 0 Å². The van der Waals surface area contributed by atoms with Crippen LogP contribution < -0.4 is 5.32 Å². The van der Waals surface area contributed by atoms with Gasteiger partial charge in [0, 0.05) is 18.4 Å². The molecule has 0 aliphatic heterocycles. The van der Waals surface area contributed by atoms with Crippen molar-refractivity contribution in [3.8, 4) is 0 Å². The van der Waals surface area contributed by atoms with Gasteiger partial charge in [0.25, 0.3) is 5.91 Å². The molecule has 2 aromatic rings. The maximum atomic E-state index is 13.0. The first-order valence-electron chi connectivity index (χ1n) is 10.1. The maximum absolute atomic E-state index is 13.0. The van der Waals surface area contributed by atoms with Gasteiger partial charge in [0.05, 0.1) is 20.8 Å². The summed E-state index contributed by atoms with van der Waals surface area (Å²) in [5.74, 6) is -2.14. The highest BCUT2D eigenvalue weighted by Crippen LogP contribution is 2.40. The van der Waals surface area contributed by atoms with Crippen molar-refractivity contribution < 1.29 is 39.6 Å². The van der Waals surface area contributed by atoms with Crippen molar-refractivity contribution in [2.24, 2.45) is 5.92 Å². The maximum Gasteiger partial charge on any atom is 0.451 e. The van der Waals surface area contributed by atoms with Gasteiger partial charge < -0.3 is 5.32 Å². The van der Waals surface area contributed by atoms with E-state index >= 15 is 0 Å². The van der Waals surface area contributed by atoms with Gasteiger partial charge in [-0.2, -0.15) is 26.3 Å². The zero-order valence-electron chi connectivity index (χ0n) is 18.0. The molecule has 1 fully saturated rings. The Morgan fingerprint density at radius 2 is 1.62 bits per heavy atom. The minimum absolute atomic E-state index is 0.121. The van der Waals surface area contributed by atoms with Crippen LogP contribution in [0.5, 0.6) is 0 Å². The molecule has 186 valence electrons. The molecule has 1 heterocycles. The molecule has 1 aromatic carbocycles. The summed E-state index contributed by atoms with van der Waals surface area (Å²) < 4.78 is 101. The van der Waals surface area contributed by atoms with Crippen LogP contribution in [0, 0.1) is 5.92 Å². The van der Waals surface area contributed by atoms with Crippen LogP contribution in [-0.2, 0) is 22.2 Å². The number of hydrogen-bond acceptors (Lipinski definition) is 5. The Labute approximate surface area is 191 Å². The molecule has 1 aliphatic carbocycles. The molecule has 0 radical (unpaired) electrons. The van der Waals surface area contributed by atoms with Gasteiger partial charge >= 0.3 is 12.4 Å². The lowest BCUT2D eigenvalue weighted by Crippen LogP contribution is -2.47. The van der Waals surface area contributed by atoms with E-state index in [1.54, 1.807) is 0 Å². The number of carbonyl (C=O) groups excluding carboxylic acids is 1. The minimum atomic E-state index is -4.72. The molecule has 0 spiro atoms. The largest absolute Gasteiger partial charge is 0.451 e. The van der Waals surface area contributed by atoms with E-state index in [1.807, 2.05) is 0 Å². The zero-order valence-corrected chi connectivity index (χ0v) is 18.9. The number of aromatic nitrogens is 2. The molecule has 1 aliphatic rings. The van der Waals surface area contributed by atoms with Crippen molar-refractivity contribution in [1.82, 2.24) is 15.3 Å². The Hall–Kier alpha value is -2.70. The van der Waals surface area contributed by atoms with Crippen molar-refractivity contribution in [1.29, 1.82) is 0 Å². The topological polar surface area (TPSA) is 89.0 Å². The lowest BCUT2D eigenvalue weighted by atomic mass is 9.75. The first kappa shape index (κ1) is 25.9. The van der Waals surface area contributed by atoms with Crippen LogP contribution in [0.3, 0.4) is 0 Å². The number of sulfone groups is 1. The molecule has 1 saturated carbocycles. The van der Waals surface area contributed by atoms with Crippen molar-refractivity contribution >= 4 is 15.7 Å². The number of amides is 1. The first-order valence-corrected chi connectivity index (χ1v) is 11.6. The lowest BCUT2D eigenvalue weighted by molar-refractivity contribution is -0.145. The Balaban J connectivity index is 1.59. The SMILES string of the molecule is CC(C)(C[C@H]1C[C@H](NC(=O)c2cnc(C(F)(F)F)nc2)C1)S(=O)(=O)c1cccc(C(F)(F)F)c1. The quantitative estimate of drug-likeness (QED) is 0.572. The van der Waals surface area contributed by atoms with Gasteiger partial charge in [0.2, 0.25) is 5.82 Å². The fourth-order valence-electron chi connectivity index (χ4n) is 3.84. The van der Waals surface area contributed by atoms with Crippen molar-refractivity contribution in [2.75, 3.05) is 0 Å². The average Bonchev–Trinajstić information content (AvgIpc) is 2.70. The summed E-state index contributed by atoms with van der Waals surface area (Å²) >= 11 is 0. The van der Waals surface area contributed by atoms with Gasteiger partial charge in [-0.3, -0.25) is 4.79 Å². The van der Waals surface area contributed by atoms with E-state index in [1.165, 1.54) is 13.8 Å². The summed E-state index contributed by atoms with van der Waals surface area (Å²) in [7, 11) is -4.09. The molecule has 1 N–H and O–H groups in total. The van der Waals surface area contributed by atoms with Crippen LogP contribution >= 0.6 is 0 Å². The van der Waals surface area contributed by atoms with E-state index in [4.69, 9.17) is 0 Å². The molecular weight excluding hydrogens is 488 g/mol. The smallest absolute Gasteiger partial charge is 0.349 e. The molecule has 0 unspecified atom stereocenters. The van der Waals surface area contributed by atoms with E-state index in [-0.39, 0.29) is 23.9 Å². The number of carbonyl (C=O) groups is 1. The second-order valence-corrected chi connectivity index (χ2v) is 11.4. The third-order valence-corrected chi connectivity index (χ3v) is 8.21. The van der Waals surface area contributed by atoms with E-state index in [2.05, 4.69) is 15.3 Å². The number of alkyl halides is 6. The number of hydrogen-bond donors (Lipinski definition) is 1. The van der Waals surface area contributed by atoms with Crippen LogP contribution in [0.25, 0.3) is 0 Å². The molecule has 13 heteroatoms. The minimum Gasteiger partial charge on any atom is -0.349 e. The molecule has 1 amide bonds. The summed E-state index contributed by atoms with van der Waals surface area (Å²) in [4.78, 5) is 18.0. The van der Waals surface area contributed by atoms with E-state index < -0.39 is 49.1 Å². The number of nitrogens with one attached hydrogen (secondary N) is 1. The summed E-state index contributed by atoms with van der Waals surface area (Å²) in [6.07, 6.45) is -6.88. The normalized spacial score (nSPS) is 19.4. The second kappa shape index (κ2) is 8.82. The fraction of sp³-hybridized carbons (Fsp3) is 0.476. The molecule has 0 saturated heterocycles. The van der Waals surface area contributed by atoms with Crippen molar-refractivity contribution in [2.45, 2.75) is 61.1 Å². The number of nitrogens with zero attached hydrogens (tertiary/aromatic N) is 2. The standard InChI is InChI=1S/C21H21F6N3O3S/c1-19(2,34(32,33)16-5-3-4-14(8-16)20(22,23)24)9-12-6-15(7-12)30-17(31)13-10-28-18(29-11-13)21(25,26)27/h3-5,8,10-12,15H,6-7,9H2,1-2H3,(H,30,31)/t12-,15-. The lowest BCUT2D eigenvalue weighted by Gasteiger charge is -2.40. The van der Waals surface area contributed by atoms with Crippen LogP contribution in [-0.4, -0.2) is 35.1 Å². The molecular formula is C21H21F6N3O3S. The molecule has 0 atom stereocenters. The van der Waals surface area contributed by atoms with Gasteiger partial charge in [-0.1, -0.05) is 6.07 Å². The predicted molar refractivity (Wildman–Crippen MR) is 108 cm³/mol. The number of rotatable bonds is 6. The highest BCUT2D eigenvalue weighted by molar-refractivity contribution is 7.92. The fourth-order valence-corrected chi connectivity index (χ4v) is 5.48. The van der Waals surface area contributed by atoms with Gasteiger partial charge in [-0.05, 0) is 57.2 Å². The molecule has 3 rings (SSSR count). The van der Waals surface area contributed by atoms with Crippen LogP contribution in [0.15, 0.2) is 41.6 Å². The van der Waals surface area contributed by atoms with Gasteiger partial charge in [-0.15, -0.1) is 0 Å². The Bertz CT molecular complexity index is 1160. The second-order valence-electron chi connectivity index (χ2n) is 8.79. The highest BCUT2D eigenvalue weighted by Gasteiger charge is 2.43. The Morgan fingerprint density at radius 3 is 2.15 bits per heavy atom. The van der Waals surface area contributed by atoms with E-state index in [9.17, 15) is 39.6 Å². The molecule has 1 aromatic heterocycles. The van der Waals surface area contributed by atoms with Crippen molar-refractivity contribution in [3.05, 3.63) is 53.6 Å². The Kier molecular flexibility index (Phi) is 6.72. The van der Waals surface area contributed by atoms with Gasteiger partial charge in [0.1, 0.15) is 0 Å².